The maximum atomic E-state index is 13.1. The number of hydrogen-bond donors (Lipinski definition) is 1. The van der Waals surface area contributed by atoms with Gasteiger partial charge in [0.2, 0.25) is 0 Å². The zero-order chi connectivity index (χ0) is 23.6. The molecule has 0 aromatic carbocycles. The molecular weight excluding hydrogens is 437 g/mol. The van der Waals surface area contributed by atoms with Crippen molar-refractivity contribution < 1.29 is 36.9 Å². The second kappa shape index (κ2) is 12.8. The monoisotopic (exact) mass is 464 g/mol. The van der Waals surface area contributed by atoms with Gasteiger partial charge in [-0.15, -0.1) is 6.42 Å². The first kappa shape index (κ1) is 26.1. The summed E-state index contributed by atoms with van der Waals surface area (Å²) in [6, 6.07) is 0. The number of rotatable bonds is 13. The van der Waals surface area contributed by atoms with Gasteiger partial charge in [-0.05, 0) is 6.42 Å². The summed E-state index contributed by atoms with van der Waals surface area (Å²) in [7, 11) is 0. The van der Waals surface area contributed by atoms with E-state index in [1.165, 1.54) is 0 Å². The molecule has 12 heteroatoms. The van der Waals surface area contributed by atoms with Crippen LogP contribution in [0.4, 0.5) is 13.2 Å². The van der Waals surface area contributed by atoms with Crippen LogP contribution in [0.25, 0.3) is 0 Å². The highest BCUT2D eigenvalue weighted by molar-refractivity contribution is 5.09. The largest absolute Gasteiger partial charge is 0.423 e. The first-order chi connectivity index (χ1) is 15.3. The van der Waals surface area contributed by atoms with Crippen molar-refractivity contribution >= 4 is 0 Å². The lowest BCUT2D eigenvalue weighted by atomic mass is 10.2. The second-order valence-electron chi connectivity index (χ2n) is 6.99. The predicted molar refractivity (Wildman–Crippen MR) is 106 cm³/mol. The van der Waals surface area contributed by atoms with Gasteiger partial charge in [0.05, 0.1) is 25.9 Å². The summed E-state index contributed by atoms with van der Waals surface area (Å²) in [4.78, 5) is 25.3. The third-order valence-electron chi connectivity index (χ3n) is 4.61. The molecule has 2 heterocycles. The lowest BCUT2D eigenvalue weighted by Crippen LogP contribution is -2.36. The Labute approximate surface area is 182 Å². The van der Waals surface area contributed by atoms with E-state index in [0.717, 1.165) is 12.8 Å². The topological polar surface area (TPSA) is 101 Å². The highest BCUT2D eigenvalue weighted by atomic mass is 19.4. The van der Waals surface area contributed by atoms with Crippen LogP contribution in [0.15, 0.2) is 15.8 Å². The SMILES string of the molecule is C#CCO[C@H]1C[C@H](n2cc(C(F)(F)F)c(=O)[nH]c2=O)O[C@@H]1COCOCCOCCCC. The van der Waals surface area contributed by atoms with Crippen molar-refractivity contribution in [2.45, 2.75) is 50.8 Å². The number of nitrogens with zero attached hydrogens (tertiary/aromatic N) is 1. The highest BCUT2D eigenvalue weighted by Crippen LogP contribution is 2.32. The van der Waals surface area contributed by atoms with E-state index in [1.807, 2.05) is 0 Å². The zero-order valence-corrected chi connectivity index (χ0v) is 17.7. The molecule has 0 bridgehead atoms. The molecule has 1 aromatic heterocycles. The van der Waals surface area contributed by atoms with Gasteiger partial charge >= 0.3 is 11.9 Å². The minimum Gasteiger partial charge on any atom is -0.379 e. The molecule has 0 radical (unpaired) electrons. The fourth-order valence-electron chi connectivity index (χ4n) is 3.00. The van der Waals surface area contributed by atoms with Gasteiger partial charge in [0.1, 0.15) is 31.3 Å². The summed E-state index contributed by atoms with van der Waals surface area (Å²) < 4.78 is 67.1. The van der Waals surface area contributed by atoms with Crippen molar-refractivity contribution in [2.24, 2.45) is 0 Å². The van der Waals surface area contributed by atoms with Gasteiger partial charge in [0.25, 0.3) is 5.56 Å². The fourth-order valence-corrected chi connectivity index (χ4v) is 3.00. The number of nitrogens with one attached hydrogen (secondary N) is 1. The Morgan fingerprint density at radius 1 is 1.25 bits per heavy atom. The molecule has 0 unspecified atom stereocenters. The smallest absolute Gasteiger partial charge is 0.379 e. The van der Waals surface area contributed by atoms with Crippen molar-refractivity contribution in [3.05, 3.63) is 32.6 Å². The summed E-state index contributed by atoms with van der Waals surface area (Å²) >= 11 is 0. The van der Waals surface area contributed by atoms with Crippen molar-refractivity contribution in [3.63, 3.8) is 0 Å². The number of aromatic amines is 1. The lowest BCUT2D eigenvalue weighted by Gasteiger charge is -2.18. The van der Waals surface area contributed by atoms with E-state index < -0.39 is 41.4 Å². The van der Waals surface area contributed by atoms with Crippen molar-refractivity contribution in [2.75, 3.05) is 39.8 Å². The number of aromatic nitrogens is 2. The molecule has 0 saturated carbocycles. The Hall–Kier alpha value is -2.17. The number of alkyl halides is 3. The van der Waals surface area contributed by atoms with E-state index in [4.69, 9.17) is 30.1 Å². The molecule has 0 aliphatic carbocycles. The number of halogens is 3. The Bertz CT molecular complexity index is 862. The average Bonchev–Trinajstić information content (AvgIpc) is 3.12. The molecule has 1 saturated heterocycles. The van der Waals surface area contributed by atoms with E-state index >= 15 is 0 Å². The highest BCUT2D eigenvalue weighted by Gasteiger charge is 2.40. The van der Waals surface area contributed by atoms with Crippen LogP contribution in [0.2, 0.25) is 0 Å². The third kappa shape index (κ3) is 7.75. The van der Waals surface area contributed by atoms with Gasteiger partial charge in [-0.25, -0.2) is 4.79 Å². The molecule has 0 spiro atoms. The van der Waals surface area contributed by atoms with Gasteiger partial charge in [0.15, 0.2) is 0 Å². The Morgan fingerprint density at radius 2 is 2.00 bits per heavy atom. The minimum absolute atomic E-state index is 0.00728. The van der Waals surface area contributed by atoms with E-state index in [0.29, 0.717) is 30.6 Å². The van der Waals surface area contributed by atoms with Gasteiger partial charge in [-0.1, -0.05) is 19.3 Å². The maximum absolute atomic E-state index is 13.1. The molecule has 0 amide bonds. The first-order valence-corrected chi connectivity index (χ1v) is 10.1. The van der Waals surface area contributed by atoms with Crippen LogP contribution < -0.4 is 11.2 Å². The standard InChI is InChI=1S/C20H27F3N2O7/c1-3-5-7-28-8-9-29-13-30-12-16-15(31-6-4-2)10-17(32-16)25-11-14(20(21,22)23)18(26)24-19(25)27/h2,11,15-17H,3,5-10,12-13H2,1H3,(H,24,26,27)/t15-,16+,17+/m0/s1. The lowest BCUT2D eigenvalue weighted by molar-refractivity contribution is -0.140. The summed E-state index contributed by atoms with van der Waals surface area (Å²) in [5.74, 6) is 2.30. The molecule has 180 valence electrons. The molecule has 1 N–H and O–H groups in total. The molecule has 1 aliphatic heterocycles. The Balaban J connectivity index is 1.95. The van der Waals surface area contributed by atoms with Crippen LogP contribution in [-0.4, -0.2) is 61.6 Å². The third-order valence-corrected chi connectivity index (χ3v) is 4.61. The van der Waals surface area contributed by atoms with Crippen LogP contribution in [0.5, 0.6) is 0 Å². The van der Waals surface area contributed by atoms with Gasteiger partial charge in [-0.2, -0.15) is 13.2 Å². The molecular formula is C20H27F3N2O7. The zero-order valence-electron chi connectivity index (χ0n) is 17.7. The Kier molecular flexibility index (Phi) is 10.4. The van der Waals surface area contributed by atoms with Gasteiger partial charge < -0.3 is 23.7 Å². The molecule has 9 nitrogen and oxygen atoms in total. The quantitative estimate of drug-likeness (QED) is 0.269. The normalized spacial score (nSPS) is 21.0. The molecule has 32 heavy (non-hydrogen) atoms. The second-order valence-corrected chi connectivity index (χ2v) is 6.99. The number of ether oxygens (including phenoxy) is 5. The average molecular weight is 464 g/mol. The summed E-state index contributed by atoms with van der Waals surface area (Å²) in [6.07, 6.45) is 0.298. The molecule has 1 aromatic rings. The van der Waals surface area contributed by atoms with E-state index in [1.54, 1.807) is 4.98 Å². The van der Waals surface area contributed by atoms with Crippen LogP contribution in [0.1, 0.15) is 38.0 Å². The number of terminal acetylenes is 1. The van der Waals surface area contributed by atoms with E-state index in [2.05, 4.69) is 12.8 Å². The number of hydrogen-bond acceptors (Lipinski definition) is 7. The Morgan fingerprint density at radius 3 is 2.69 bits per heavy atom. The predicted octanol–water partition coefficient (Wildman–Crippen LogP) is 1.67. The van der Waals surface area contributed by atoms with Gasteiger partial charge in [-0.3, -0.25) is 14.3 Å². The molecule has 2 rings (SSSR count). The van der Waals surface area contributed by atoms with Crippen LogP contribution in [-0.2, 0) is 29.9 Å². The number of H-pyrrole nitrogens is 1. The minimum atomic E-state index is -4.93. The maximum Gasteiger partial charge on any atom is 0.423 e. The fraction of sp³-hybridized carbons (Fsp3) is 0.700. The number of unbranched alkanes of at least 4 members (excludes halogenated alkanes) is 1. The van der Waals surface area contributed by atoms with Crippen LogP contribution in [0, 0.1) is 12.3 Å². The first-order valence-electron chi connectivity index (χ1n) is 10.1. The van der Waals surface area contributed by atoms with Crippen LogP contribution in [0.3, 0.4) is 0 Å². The van der Waals surface area contributed by atoms with E-state index in [9.17, 15) is 22.8 Å². The molecule has 3 atom stereocenters. The summed E-state index contributed by atoms with van der Waals surface area (Å²) in [5, 5.41) is 0. The molecule has 1 fully saturated rings. The van der Waals surface area contributed by atoms with Crippen LogP contribution >= 0.6 is 0 Å². The van der Waals surface area contributed by atoms with Crippen molar-refractivity contribution in [3.8, 4) is 12.3 Å². The summed E-state index contributed by atoms with van der Waals surface area (Å²) in [5.41, 5.74) is -4.06. The van der Waals surface area contributed by atoms with E-state index in [-0.39, 0.29) is 26.4 Å². The molecule has 1 aliphatic rings. The van der Waals surface area contributed by atoms with Gasteiger partial charge in [0, 0.05) is 19.2 Å². The van der Waals surface area contributed by atoms with Crippen molar-refractivity contribution in [1.82, 2.24) is 9.55 Å². The van der Waals surface area contributed by atoms with Crippen molar-refractivity contribution in [1.29, 1.82) is 0 Å². The summed E-state index contributed by atoms with van der Waals surface area (Å²) in [6.45, 7) is 3.36.